The first-order chi connectivity index (χ1) is 9.40. The number of carbonyl (C=O) groups is 2. The van der Waals surface area contributed by atoms with Gasteiger partial charge in [0.1, 0.15) is 0 Å². The van der Waals surface area contributed by atoms with Gasteiger partial charge in [0.25, 0.3) is 5.91 Å². The van der Waals surface area contributed by atoms with Crippen LogP contribution in [0.3, 0.4) is 0 Å². The minimum absolute atomic E-state index is 0.00299. The minimum Gasteiger partial charge on any atom is -0.398 e. The van der Waals surface area contributed by atoms with Crippen LogP contribution in [-0.2, 0) is 4.79 Å². The third-order valence-corrected chi connectivity index (χ3v) is 2.71. The van der Waals surface area contributed by atoms with Gasteiger partial charge in [-0.25, -0.2) is 0 Å². The monoisotopic (exact) mass is 278 g/mol. The molecule has 2 amide bonds. The molecule has 20 heavy (non-hydrogen) atoms. The number of anilines is 2. The van der Waals surface area contributed by atoms with Crippen LogP contribution in [0.5, 0.6) is 0 Å². The molecule has 6 nitrogen and oxygen atoms in total. The van der Waals surface area contributed by atoms with Gasteiger partial charge in [-0.2, -0.15) is 0 Å². The van der Waals surface area contributed by atoms with E-state index in [4.69, 9.17) is 11.5 Å². The topological polar surface area (TPSA) is 110 Å². The smallest absolute Gasteiger partial charge is 0.250 e. The summed E-state index contributed by atoms with van der Waals surface area (Å²) in [6, 6.07) is 4.94. The molecule has 0 aromatic heterocycles. The molecule has 0 fully saturated rings. The molecule has 0 heterocycles. The molecule has 0 saturated carbocycles. The number of carbonyl (C=O) groups excluding carboxylic acids is 2. The number of benzene rings is 1. The fourth-order valence-corrected chi connectivity index (χ4v) is 1.61. The van der Waals surface area contributed by atoms with Crippen molar-refractivity contribution in [2.75, 3.05) is 24.1 Å². The van der Waals surface area contributed by atoms with Crippen LogP contribution in [0.25, 0.3) is 0 Å². The van der Waals surface area contributed by atoms with Crippen molar-refractivity contribution in [2.24, 2.45) is 11.7 Å². The van der Waals surface area contributed by atoms with Crippen molar-refractivity contribution in [3.63, 3.8) is 0 Å². The van der Waals surface area contributed by atoms with E-state index in [2.05, 4.69) is 10.6 Å². The molecule has 110 valence electrons. The normalized spacial score (nSPS) is 10.3. The number of hydrogen-bond acceptors (Lipinski definition) is 4. The molecule has 0 aliphatic rings. The summed E-state index contributed by atoms with van der Waals surface area (Å²) < 4.78 is 0. The molecule has 1 aromatic rings. The maximum Gasteiger partial charge on any atom is 0.250 e. The number of primary amides is 1. The van der Waals surface area contributed by atoms with Gasteiger partial charge < -0.3 is 22.1 Å². The average Bonchev–Trinajstić information content (AvgIpc) is 2.38. The predicted octanol–water partition coefficient (Wildman–Crippen LogP) is 0.942. The molecule has 0 bridgehead atoms. The Bertz CT molecular complexity index is 486. The van der Waals surface area contributed by atoms with E-state index < -0.39 is 5.91 Å². The molecule has 6 heteroatoms. The lowest BCUT2D eigenvalue weighted by atomic mass is 10.1. The number of nitrogens with one attached hydrogen (secondary N) is 2. The summed E-state index contributed by atoms with van der Waals surface area (Å²) in [5.74, 6) is -0.139. The summed E-state index contributed by atoms with van der Waals surface area (Å²) in [4.78, 5) is 22.7. The average molecular weight is 278 g/mol. The largest absolute Gasteiger partial charge is 0.398 e. The molecular formula is C14H22N4O2. The van der Waals surface area contributed by atoms with Gasteiger partial charge in [0.15, 0.2) is 0 Å². The second-order valence-corrected chi connectivity index (χ2v) is 5.04. The van der Waals surface area contributed by atoms with Gasteiger partial charge in [-0.05, 0) is 24.1 Å². The second kappa shape index (κ2) is 7.37. The van der Waals surface area contributed by atoms with Crippen molar-refractivity contribution in [3.8, 4) is 0 Å². The highest BCUT2D eigenvalue weighted by Crippen LogP contribution is 2.17. The van der Waals surface area contributed by atoms with Gasteiger partial charge in [0.2, 0.25) is 5.91 Å². The van der Waals surface area contributed by atoms with Gasteiger partial charge in [-0.3, -0.25) is 9.59 Å². The van der Waals surface area contributed by atoms with Crippen molar-refractivity contribution >= 4 is 23.2 Å². The summed E-state index contributed by atoms with van der Waals surface area (Å²) in [6.45, 7) is 5.23. The summed E-state index contributed by atoms with van der Waals surface area (Å²) >= 11 is 0. The standard InChI is InChI=1S/C14H22N4O2/c1-9(2)8-18-13(19)5-6-17-10-3-4-12(15)11(7-10)14(16)20/h3-4,7,9,17H,5-6,8,15H2,1-2H3,(H2,16,20)(H,18,19). The van der Waals surface area contributed by atoms with Gasteiger partial charge in [-0.1, -0.05) is 13.8 Å². The molecule has 6 N–H and O–H groups in total. The zero-order valence-electron chi connectivity index (χ0n) is 11.9. The minimum atomic E-state index is -0.569. The van der Waals surface area contributed by atoms with E-state index in [0.29, 0.717) is 36.8 Å². The predicted molar refractivity (Wildman–Crippen MR) is 80.3 cm³/mol. The third kappa shape index (κ3) is 5.17. The van der Waals surface area contributed by atoms with Gasteiger partial charge in [-0.15, -0.1) is 0 Å². The zero-order valence-corrected chi connectivity index (χ0v) is 11.9. The van der Waals surface area contributed by atoms with Crippen molar-refractivity contribution in [2.45, 2.75) is 20.3 Å². The summed E-state index contributed by atoms with van der Waals surface area (Å²) in [5, 5.41) is 5.90. The van der Waals surface area contributed by atoms with E-state index in [0.717, 1.165) is 0 Å². The Hall–Kier alpha value is -2.24. The highest BCUT2D eigenvalue weighted by molar-refractivity contribution is 5.98. The second-order valence-electron chi connectivity index (χ2n) is 5.04. The van der Waals surface area contributed by atoms with Crippen molar-refractivity contribution in [1.29, 1.82) is 0 Å². The summed E-state index contributed by atoms with van der Waals surface area (Å²) in [7, 11) is 0. The van der Waals surface area contributed by atoms with E-state index >= 15 is 0 Å². The lowest BCUT2D eigenvalue weighted by Crippen LogP contribution is -2.28. The number of amides is 2. The SMILES string of the molecule is CC(C)CNC(=O)CCNc1ccc(N)c(C(N)=O)c1. The van der Waals surface area contributed by atoms with E-state index in [1.54, 1.807) is 18.2 Å². The number of nitrogen functional groups attached to an aromatic ring is 1. The first kappa shape index (κ1) is 15.8. The van der Waals surface area contributed by atoms with Crippen molar-refractivity contribution in [1.82, 2.24) is 5.32 Å². The highest BCUT2D eigenvalue weighted by atomic mass is 16.1. The molecule has 0 aliphatic heterocycles. The van der Waals surface area contributed by atoms with Crippen LogP contribution >= 0.6 is 0 Å². The number of rotatable bonds is 7. The molecule has 0 aliphatic carbocycles. The lowest BCUT2D eigenvalue weighted by molar-refractivity contribution is -0.120. The Kier molecular flexibility index (Phi) is 5.83. The molecule has 0 radical (unpaired) electrons. The lowest BCUT2D eigenvalue weighted by Gasteiger charge is -2.10. The van der Waals surface area contributed by atoms with Crippen LogP contribution in [0, 0.1) is 5.92 Å². The van der Waals surface area contributed by atoms with E-state index in [1.807, 2.05) is 13.8 Å². The van der Waals surface area contributed by atoms with Crippen LogP contribution in [-0.4, -0.2) is 24.9 Å². The van der Waals surface area contributed by atoms with E-state index in [-0.39, 0.29) is 11.5 Å². The number of hydrogen-bond donors (Lipinski definition) is 4. The highest BCUT2D eigenvalue weighted by Gasteiger charge is 2.07. The summed E-state index contributed by atoms with van der Waals surface area (Å²) in [5.41, 5.74) is 12.2. The van der Waals surface area contributed by atoms with Crippen LogP contribution in [0.15, 0.2) is 18.2 Å². The molecular weight excluding hydrogens is 256 g/mol. The Morgan fingerprint density at radius 2 is 2.00 bits per heavy atom. The first-order valence-electron chi connectivity index (χ1n) is 6.60. The Morgan fingerprint density at radius 1 is 1.30 bits per heavy atom. The Labute approximate surface area is 118 Å². The van der Waals surface area contributed by atoms with Crippen LogP contribution in [0.4, 0.5) is 11.4 Å². The Morgan fingerprint density at radius 3 is 2.60 bits per heavy atom. The third-order valence-electron chi connectivity index (χ3n) is 2.71. The maximum absolute atomic E-state index is 11.5. The van der Waals surface area contributed by atoms with E-state index in [9.17, 15) is 9.59 Å². The summed E-state index contributed by atoms with van der Waals surface area (Å²) in [6.07, 6.45) is 0.364. The van der Waals surface area contributed by atoms with Crippen LogP contribution in [0.1, 0.15) is 30.6 Å². The Balaban J connectivity index is 2.44. The first-order valence-corrected chi connectivity index (χ1v) is 6.60. The van der Waals surface area contributed by atoms with Crippen molar-refractivity contribution in [3.05, 3.63) is 23.8 Å². The fourth-order valence-electron chi connectivity index (χ4n) is 1.61. The van der Waals surface area contributed by atoms with Gasteiger partial charge >= 0.3 is 0 Å². The number of nitrogens with two attached hydrogens (primary N) is 2. The van der Waals surface area contributed by atoms with Crippen LogP contribution < -0.4 is 22.1 Å². The fraction of sp³-hybridized carbons (Fsp3) is 0.429. The quantitative estimate of drug-likeness (QED) is 0.556. The molecule has 0 atom stereocenters. The zero-order chi connectivity index (χ0) is 15.1. The van der Waals surface area contributed by atoms with Gasteiger partial charge in [0, 0.05) is 30.9 Å². The molecule has 0 unspecified atom stereocenters. The molecule has 1 rings (SSSR count). The molecule has 0 saturated heterocycles. The maximum atomic E-state index is 11.5. The van der Waals surface area contributed by atoms with Gasteiger partial charge in [0.05, 0.1) is 5.56 Å². The van der Waals surface area contributed by atoms with Crippen LogP contribution in [0.2, 0.25) is 0 Å². The molecule has 1 aromatic carbocycles. The molecule has 0 spiro atoms. The van der Waals surface area contributed by atoms with Crippen molar-refractivity contribution < 1.29 is 9.59 Å². The van der Waals surface area contributed by atoms with E-state index in [1.165, 1.54) is 0 Å².